The van der Waals surface area contributed by atoms with E-state index in [0.717, 1.165) is 7.28 Å². The van der Waals surface area contributed by atoms with Gasteiger partial charge in [0.2, 0.25) is 0 Å². The third-order valence-electron chi connectivity index (χ3n) is 1.46. The first-order valence-electron chi connectivity index (χ1n) is 3.25. The van der Waals surface area contributed by atoms with Gasteiger partial charge in [0.05, 0.1) is 0 Å². The molecule has 0 saturated heterocycles. The molecule has 0 aromatic heterocycles. The summed E-state index contributed by atoms with van der Waals surface area (Å²) >= 11 is 3.48. The van der Waals surface area contributed by atoms with Gasteiger partial charge >= 0.3 is 0 Å². The van der Waals surface area contributed by atoms with Crippen molar-refractivity contribution < 1.29 is 0 Å². The molecule has 2 atom stereocenters. The molecule has 0 bridgehead atoms. The Balaban J connectivity index is 2.75. The molecule has 0 aliphatic heterocycles. The van der Waals surface area contributed by atoms with Crippen LogP contribution in [-0.2, 0) is 0 Å². The maximum Gasteiger partial charge on any atom is 0.00842 e. The molecule has 2 heteroatoms. The van der Waals surface area contributed by atoms with Crippen LogP contribution in [-0.4, -0.2) is 0 Å². The maximum atomic E-state index is 3.48. The summed E-state index contributed by atoms with van der Waals surface area (Å²) in [7, 11) is 0.821. The minimum atomic E-state index is 0.654. The van der Waals surface area contributed by atoms with Crippen molar-refractivity contribution in [2.24, 2.45) is 0 Å². The van der Waals surface area contributed by atoms with Crippen LogP contribution < -0.4 is 0 Å². The lowest BCUT2D eigenvalue weighted by atomic mass is 10.2. The highest BCUT2D eigenvalue weighted by molar-refractivity contribution is 9.36. The summed E-state index contributed by atoms with van der Waals surface area (Å²) in [5.41, 5.74) is 2.07. The average Bonchev–Trinajstić information content (AvgIpc) is 2.05. The lowest BCUT2D eigenvalue weighted by Crippen LogP contribution is -1.81. The van der Waals surface area contributed by atoms with Gasteiger partial charge in [0.1, 0.15) is 0 Å². The quantitative estimate of drug-likeness (QED) is 0.662. The van der Waals surface area contributed by atoms with Crippen molar-refractivity contribution in [3.05, 3.63) is 35.9 Å². The summed E-state index contributed by atoms with van der Waals surface area (Å²) in [5, 5.41) is 0. The normalized spacial score (nSPS) is 14.2. The van der Waals surface area contributed by atoms with E-state index in [1.165, 1.54) is 5.56 Å². The van der Waals surface area contributed by atoms with Gasteiger partial charge in [-0.25, -0.2) is 0 Å². The fourth-order valence-corrected chi connectivity index (χ4v) is 1.92. The van der Waals surface area contributed by atoms with Crippen LogP contribution in [0.2, 0.25) is 0 Å². The van der Waals surface area contributed by atoms with Gasteiger partial charge in [-0.15, -0.1) is 0 Å². The van der Waals surface area contributed by atoms with E-state index in [1.54, 1.807) is 0 Å². The standard InChI is InChI=1S/C8H10BrP/c1-7(10-9)8-5-3-2-4-6-8/h2-7,10H,1H3. The van der Waals surface area contributed by atoms with Crippen molar-refractivity contribution in [3.63, 3.8) is 0 Å². The number of halogens is 1. The Morgan fingerprint density at radius 3 is 2.40 bits per heavy atom. The van der Waals surface area contributed by atoms with E-state index in [2.05, 4.69) is 46.7 Å². The summed E-state index contributed by atoms with van der Waals surface area (Å²) in [4.78, 5) is 0. The molecule has 1 aromatic carbocycles. The molecular formula is C8H10BrP. The second-order valence-corrected chi connectivity index (χ2v) is 4.70. The Hall–Kier alpha value is 0.130. The Bertz CT molecular complexity index is 186. The molecule has 0 radical (unpaired) electrons. The van der Waals surface area contributed by atoms with E-state index >= 15 is 0 Å². The van der Waals surface area contributed by atoms with Crippen molar-refractivity contribution in [2.75, 3.05) is 0 Å². The third-order valence-corrected chi connectivity index (χ3v) is 4.18. The zero-order chi connectivity index (χ0) is 7.40. The van der Waals surface area contributed by atoms with E-state index in [9.17, 15) is 0 Å². The van der Waals surface area contributed by atoms with Crippen molar-refractivity contribution in [3.8, 4) is 0 Å². The van der Waals surface area contributed by atoms with E-state index in [4.69, 9.17) is 0 Å². The molecular weight excluding hydrogens is 207 g/mol. The Kier molecular flexibility index (Phi) is 3.37. The number of hydrogen-bond acceptors (Lipinski definition) is 0. The first-order valence-corrected chi connectivity index (χ1v) is 6.59. The lowest BCUT2D eigenvalue weighted by Gasteiger charge is -2.05. The Labute approximate surface area is 71.6 Å². The lowest BCUT2D eigenvalue weighted by molar-refractivity contribution is 1.10. The molecule has 10 heavy (non-hydrogen) atoms. The highest BCUT2D eigenvalue weighted by Gasteiger charge is 1.99. The first-order chi connectivity index (χ1) is 4.84. The molecule has 1 aromatic rings. The molecule has 54 valence electrons. The largest absolute Gasteiger partial charge is 0.0636 e. The molecule has 1 rings (SSSR count). The molecule has 0 aliphatic rings. The topological polar surface area (TPSA) is 0 Å². The maximum absolute atomic E-state index is 3.48. The molecule has 2 unspecified atom stereocenters. The van der Waals surface area contributed by atoms with Crippen molar-refractivity contribution in [1.29, 1.82) is 0 Å². The van der Waals surface area contributed by atoms with Gasteiger partial charge in [-0.3, -0.25) is 0 Å². The van der Waals surface area contributed by atoms with Crippen molar-refractivity contribution >= 4 is 22.8 Å². The molecule has 0 aliphatic carbocycles. The van der Waals surface area contributed by atoms with Crippen LogP contribution in [0.3, 0.4) is 0 Å². The van der Waals surface area contributed by atoms with Crippen molar-refractivity contribution in [2.45, 2.75) is 12.6 Å². The Morgan fingerprint density at radius 2 is 1.90 bits per heavy atom. The van der Waals surface area contributed by atoms with Crippen LogP contribution in [0.5, 0.6) is 0 Å². The molecule has 0 nitrogen and oxygen atoms in total. The number of rotatable bonds is 2. The summed E-state index contributed by atoms with van der Waals surface area (Å²) in [6.45, 7) is 2.22. The highest BCUT2D eigenvalue weighted by Crippen LogP contribution is 2.38. The smallest absolute Gasteiger partial charge is 0.00842 e. The molecule has 0 saturated carbocycles. The molecule has 0 heterocycles. The molecule has 0 spiro atoms. The fourth-order valence-electron chi connectivity index (χ4n) is 0.805. The zero-order valence-corrected chi connectivity index (χ0v) is 8.43. The van der Waals surface area contributed by atoms with Crippen LogP contribution in [0, 0.1) is 0 Å². The van der Waals surface area contributed by atoms with Gasteiger partial charge in [0.15, 0.2) is 0 Å². The van der Waals surface area contributed by atoms with Gasteiger partial charge in [-0.05, 0) is 12.8 Å². The van der Waals surface area contributed by atoms with Gasteiger partial charge in [0.25, 0.3) is 0 Å². The van der Waals surface area contributed by atoms with Crippen LogP contribution in [0.15, 0.2) is 30.3 Å². The van der Waals surface area contributed by atoms with E-state index in [0.29, 0.717) is 5.66 Å². The average molecular weight is 217 g/mol. The minimum absolute atomic E-state index is 0.654. The van der Waals surface area contributed by atoms with Gasteiger partial charge < -0.3 is 0 Å². The SMILES string of the molecule is CC(PBr)c1ccccc1. The van der Waals surface area contributed by atoms with E-state index in [-0.39, 0.29) is 0 Å². The number of benzene rings is 1. The minimum Gasteiger partial charge on any atom is -0.0636 e. The fraction of sp³-hybridized carbons (Fsp3) is 0.250. The molecule has 0 amide bonds. The second-order valence-electron chi connectivity index (χ2n) is 2.24. The molecule has 0 fully saturated rings. The second kappa shape index (κ2) is 4.10. The van der Waals surface area contributed by atoms with E-state index < -0.39 is 0 Å². The van der Waals surface area contributed by atoms with Gasteiger partial charge in [0, 0.05) is 5.66 Å². The summed E-state index contributed by atoms with van der Waals surface area (Å²) in [6, 6.07) is 10.5. The monoisotopic (exact) mass is 216 g/mol. The predicted molar refractivity (Wildman–Crippen MR) is 52.1 cm³/mol. The zero-order valence-electron chi connectivity index (χ0n) is 5.84. The van der Waals surface area contributed by atoms with Crippen LogP contribution in [0.1, 0.15) is 18.1 Å². The first kappa shape index (κ1) is 8.23. The van der Waals surface area contributed by atoms with E-state index in [1.807, 2.05) is 6.07 Å². The van der Waals surface area contributed by atoms with Crippen LogP contribution in [0.4, 0.5) is 0 Å². The van der Waals surface area contributed by atoms with Gasteiger partial charge in [-0.1, -0.05) is 52.7 Å². The Morgan fingerprint density at radius 1 is 1.30 bits per heavy atom. The highest BCUT2D eigenvalue weighted by atomic mass is 79.9. The van der Waals surface area contributed by atoms with Crippen LogP contribution in [0.25, 0.3) is 0 Å². The predicted octanol–water partition coefficient (Wildman–Crippen LogP) is 3.74. The third kappa shape index (κ3) is 2.07. The summed E-state index contributed by atoms with van der Waals surface area (Å²) < 4.78 is 0. The molecule has 0 N–H and O–H groups in total. The summed E-state index contributed by atoms with van der Waals surface area (Å²) in [5.74, 6) is 0. The van der Waals surface area contributed by atoms with Gasteiger partial charge in [-0.2, -0.15) is 0 Å². The van der Waals surface area contributed by atoms with Crippen LogP contribution >= 0.6 is 22.8 Å². The van der Waals surface area contributed by atoms with Crippen molar-refractivity contribution in [1.82, 2.24) is 0 Å². The summed E-state index contributed by atoms with van der Waals surface area (Å²) in [6.07, 6.45) is 0. The number of hydrogen-bond donors (Lipinski definition) is 0.